The largest absolute Gasteiger partial charge is 0.389 e. The highest BCUT2D eigenvalue weighted by atomic mass is 35.5. The normalized spacial score (nSPS) is 10.9. The minimum Gasteiger partial charge on any atom is -0.389 e. The highest BCUT2D eigenvalue weighted by Gasteiger charge is 2.11. The summed E-state index contributed by atoms with van der Waals surface area (Å²) in [7, 11) is 0. The lowest BCUT2D eigenvalue weighted by molar-refractivity contribution is -0.112. The van der Waals surface area contributed by atoms with Gasteiger partial charge in [-0.2, -0.15) is 5.26 Å². The van der Waals surface area contributed by atoms with Crippen molar-refractivity contribution in [1.29, 1.82) is 5.26 Å². The second kappa shape index (κ2) is 9.07. The molecular weight excluding hydrogens is 364 g/mol. The molecule has 2 N–H and O–H groups in total. The van der Waals surface area contributed by atoms with Crippen molar-refractivity contribution in [1.82, 2.24) is 5.32 Å². The topological polar surface area (TPSA) is 64.9 Å². The van der Waals surface area contributed by atoms with Gasteiger partial charge in [0.05, 0.1) is 10.7 Å². The molecule has 0 radical (unpaired) electrons. The SMILES string of the molecule is N#C/C(=C/NCCc1cccc(F)c1)C(=O)Nc1cc(Cl)ccc1Cl. The van der Waals surface area contributed by atoms with E-state index in [2.05, 4.69) is 10.6 Å². The van der Waals surface area contributed by atoms with Gasteiger partial charge in [0.15, 0.2) is 0 Å². The molecule has 0 heterocycles. The Hall–Kier alpha value is -2.55. The Morgan fingerprint density at radius 2 is 2.04 bits per heavy atom. The van der Waals surface area contributed by atoms with Gasteiger partial charge in [0.2, 0.25) is 0 Å². The minimum absolute atomic E-state index is 0.115. The van der Waals surface area contributed by atoms with Crippen molar-refractivity contribution in [2.24, 2.45) is 0 Å². The summed E-state index contributed by atoms with van der Waals surface area (Å²) in [5, 5.41) is 15.3. The van der Waals surface area contributed by atoms with E-state index in [1.807, 2.05) is 6.07 Å². The van der Waals surface area contributed by atoms with E-state index in [-0.39, 0.29) is 11.4 Å². The number of nitriles is 1. The molecule has 2 aromatic rings. The number of nitrogens with one attached hydrogen (secondary N) is 2. The third kappa shape index (κ3) is 5.79. The Balaban J connectivity index is 1.94. The molecule has 0 aliphatic heterocycles. The first-order chi connectivity index (χ1) is 12.0. The zero-order chi connectivity index (χ0) is 18.2. The molecule has 0 atom stereocenters. The maximum absolute atomic E-state index is 13.1. The Kier molecular flexibility index (Phi) is 6.81. The second-order valence-corrected chi connectivity index (χ2v) is 5.93. The summed E-state index contributed by atoms with van der Waals surface area (Å²) in [5.41, 5.74) is 1.02. The first kappa shape index (κ1) is 18.8. The predicted octanol–water partition coefficient (Wildman–Crippen LogP) is 4.31. The van der Waals surface area contributed by atoms with E-state index in [9.17, 15) is 9.18 Å². The van der Waals surface area contributed by atoms with Crippen LogP contribution in [0.15, 0.2) is 54.2 Å². The number of anilines is 1. The van der Waals surface area contributed by atoms with E-state index < -0.39 is 5.91 Å². The van der Waals surface area contributed by atoms with Gasteiger partial charge in [-0.05, 0) is 42.3 Å². The summed E-state index contributed by atoms with van der Waals surface area (Å²) < 4.78 is 13.1. The summed E-state index contributed by atoms with van der Waals surface area (Å²) in [6.45, 7) is 0.444. The molecule has 7 heteroatoms. The van der Waals surface area contributed by atoms with Crippen LogP contribution in [0.5, 0.6) is 0 Å². The van der Waals surface area contributed by atoms with Crippen LogP contribution in [0.3, 0.4) is 0 Å². The zero-order valence-electron chi connectivity index (χ0n) is 13.0. The Labute approximate surface area is 154 Å². The van der Waals surface area contributed by atoms with Gasteiger partial charge in [-0.1, -0.05) is 35.3 Å². The highest BCUT2D eigenvalue weighted by molar-refractivity contribution is 6.35. The zero-order valence-corrected chi connectivity index (χ0v) is 14.5. The number of carbonyl (C=O) groups excluding carboxylic acids is 1. The van der Waals surface area contributed by atoms with Gasteiger partial charge >= 0.3 is 0 Å². The monoisotopic (exact) mass is 377 g/mol. The molecule has 1 amide bonds. The van der Waals surface area contributed by atoms with Crippen LogP contribution in [0.4, 0.5) is 10.1 Å². The Bertz CT molecular complexity index is 846. The summed E-state index contributed by atoms with van der Waals surface area (Å²) >= 11 is 11.8. The van der Waals surface area contributed by atoms with E-state index in [1.165, 1.54) is 24.4 Å². The number of halogens is 3. The molecule has 0 spiro atoms. The molecule has 0 fully saturated rings. The molecule has 0 aliphatic rings. The molecular formula is C18H14Cl2FN3O. The van der Waals surface area contributed by atoms with E-state index in [0.717, 1.165) is 5.56 Å². The smallest absolute Gasteiger partial charge is 0.267 e. The highest BCUT2D eigenvalue weighted by Crippen LogP contribution is 2.25. The van der Waals surface area contributed by atoms with Gasteiger partial charge in [-0.3, -0.25) is 4.79 Å². The summed E-state index contributed by atoms with van der Waals surface area (Å²) in [6, 6.07) is 12.7. The molecule has 0 unspecified atom stereocenters. The molecule has 128 valence electrons. The fourth-order valence-corrected chi connectivity index (χ4v) is 2.35. The quantitative estimate of drug-likeness (QED) is 0.447. The second-order valence-electron chi connectivity index (χ2n) is 5.08. The van der Waals surface area contributed by atoms with Crippen LogP contribution in [0.2, 0.25) is 10.0 Å². The summed E-state index contributed by atoms with van der Waals surface area (Å²) in [6.07, 6.45) is 1.86. The first-order valence-corrected chi connectivity index (χ1v) is 8.09. The lowest BCUT2D eigenvalue weighted by Crippen LogP contribution is -2.18. The molecule has 0 saturated heterocycles. The number of benzene rings is 2. The van der Waals surface area contributed by atoms with E-state index in [0.29, 0.717) is 28.7 Å². The molecule has 0 aliphatic carbocycles. The number of amides is 1. The van der Waals surface area contributed by atoms with Crippen molar-refractivity contribution < 1.29 is 9.18 Å². The van der Waals surface area contributed by atoms with E-state index in [4.69, 9.17) is 28.5 Å². The maximum Gasteiger partial charge on any atom is 0.267 e. The predicted molar refractivity (Wildman–Crippen MR) is 96.9 cm³/mol. The van der Waals surface area contributed by atoms with Crippen molar-refractivity contribution in [3.05, 3.63) is 75.7 Å². The van der Waals surface area contributed by atoms with Crippen molar-refractivity contribution >= 4 is 34.8 Å². The fraction of sp³-hybridized carbons (Fsp3) is 0.111. The lowest BCUT2D eigenvalue weighted by Gasteiger charge is -2.07. The molecule has 25 heavy (non-hydrogen) atoms. The van der Waals surface area contributed by atoms with Gasteiger partial charge in [-0.25, -0.2) is 4.39 Å². The number of carbonyl (C=O) groups is 1. The molecule has 0 saturated carbocycles. The van der Waals surface area contributed by atoms with Crippen molar-refractivity contribution in [2.45, 2.75) is 6.42 Å². The van der Waals surface area contributed by atoms with Gasteiger partial charge in [0, 0.05) is 17.8 Å². The average molecular weight is 378 g/mol. The van der Waals surface area contributed by atoms with Crippen molar-refractivity contribution in [2.75, 3.05) is 11.9 Å². The van der Waals surface area contributed by atoms with Crippen LogP contribution in [0.25, 0.3) is 0 Å². The number of rotatable bonds is 6. The van der Waals surface area contributed by atoms with Crippen LogP contribution in [0, 0.1) is 17.1 Å². The summed E-state index contributed by atoms with van der Waals surface area (Å²) in [4.78, 5) is 12.1. The molecule has 0 bridgehead atoms. The van der Waals surface area contributed by atoms with Gasteiger partial charge in [0.1, 0.15) is 17.5 Å². The van der Waals surface area contributed by atoms with Crippen molar-refractivity contribution in [3.8, 4) is 6.07 Å². The maximum atomic E-state index is 13.1. The molecule has 0 aromatic heterocycles. The lowest BCUT2D eigenvalue weighted by atomic mass is 10.1. The van der Waals surface area contributed by atoms with E-state index in [1.54, 1.807) is 24.3 Å². The molecule has 2 rings (SSSR count). The third-order valence-electron chi connectivity index (χ3n) is 3.24. The third-order valence-corrected chi connectivity index (χ3v) is 3.80. The Morgan fingerprint density at radius 1 is 1.24 bits per heavy atom. The van der Waals surface area contributed by atoms with Crippen LogP contribution in [0.1, 0.15) is 5.56 Å². The molecule has 4 nitrogen and oxygen atoms in total. The van der Waals surface area contributed by atoms with Gasteiger partial charge in [0.25, 0.3) is 5.91 Å². The van der Waals surface area contributed by atoms with E-state index >= 15 is 0 Å². The van der Waals surface area contributed by atoms with Crippen LogP contribution in [-0.4, -0.2) is 12.5 Å². The fourth-order valence-electron chi connectivity index (χ4n) is 2.01. The van der Waals surface area contributed by atoms with Gasteiger partial charge < -0.3 is 10.6 Å². The number of nitrogens with zero attached hydrogens (tertiary/aromatic N) is 1. The van der Waals surface area contributed by atoms with Crippen molar-refractivity contribution in [3.63, 3.8) is 0 Å². The van der Waals surface area contributed by atoms with Gasteiger partial charge in [-0.15, -0.1) is 0 Å². The standard InChI is InChI=1S/C18H14Cl2FN3O/c19-14-4-5-16(20)17(9-14)24-18(25)13(10-22)11-23-7-6-12-2-1-3-15(21)8-12/h1-5,8-9,11,23H,6-7H2,(H,24,25)/b13-11-. The number of hydrogen-bond donors (Lipinski definition) is 2. The van der Waals surface area contributed by atoms with Crippen LogP contribution < -0.4 is 10.6 Å². The minimum atomic E-state index is -0.607. The Morgan fingerprint density at radius 3 is 2.76 bits per heavy atom. The number of hydrogen-bond acceptors (Lipinski definition) is 3. The average Bonchev–Trinajstić information content (AvgIpc) is 2.58. The first-order valence-electron chi connectivity index (χ1n) is 7.34. The summed E-state index contributed by atoms with van der Waals surface area (Å²) in [5.74, 6) is -0.909. The molecule has 2 aromatic carbocycles. The van der Waals surface area contributed by atoms with Crippen LogP contribution in [-0.2, 0) is 11.2 Å². The van der Waals surface area contributed by atoms with Crippen LogP contribution >= 0.6 is 23.2 Å².